The maximum atomic E-state index is 13.5. The topological polar surface area (TPSA) is 110 Å². The van der Waals surface area contributed by atoms with Gasteiger partial charge in [-0.1, -0.05) is 40.2 Å². The SMILES string of the molecule is CCOC(=O)C1CCCN(C2=C(NS(=O)(=O)c3ccc(Br)cc3)C(=O)c3ccccc3C2=O)C1. The number of nitrogens with one attached hydrogen (secondary N) is 1. The van der Waals surface area contributed by atoms with Gasteiger partial charge in [-0.3, -0.25) is 19.1 Å². The number of likely N-dealkylation sites (tertiary alicyclic amines) is 1. The lowest BCUT2D eigenvalue weighted by Crippen LogP contribution is -2.45. The highest BCUT2D eigenvalue weighted by molar-refractivity contribution is 9.10. The molecule has 0 spiro atoms. The van der Waals surface area contributed by atoms with Crippen LogP contribution in [0.2, 0.25) is 0 Å². The number of rotatable bonds is 6. The first-order valence-electron chi connectivity index (χ1n) is 10.9. The number of halogens is 1. The zero-order chi connectivity index (χ0) is 24.5. The predicted octanol–water partition coefficient (Wildman–Crippen LogP) is 3.29. The average Bonchev–Trinajstić information content (AvgIpc) is 2.83. The molecule has 4 rings (SSSR count). The number of Topliss-reactive ketones (excluding diaryl/α,β-unsaturated/α-hetero) is 2. The maximum Gasteiger partial charge on any atom is 0.310 e. The summed E-state index contributed by atoms with van der Waals surface area (Å²) >= 11 is 3.27. The fourth-order valence-corrected chi connectivity index (χ4v) is 5.53. The summed E-state index contributed by atoms with van der Waals surface area (Å²) in [5.74, 6) is -1.91. The van der Waals surface area contributed by atoms with Crippen molar-refractivity contribution in [1.82, 2.24) is 9.62 Å². The summed E-state index contributed by atoms with van der Waals surface area (Å²) in [5.41, 5.74) is -0.0226. The Labute approximate surface area is 206 Å². The van der Waals surface area contributed by atoms with Gasteiger partial charge < -0.3 is 9.64 Å². The molecule has 2 aromatic carbocycles. The lowest BCUT2D eigenvalue weighted by molar-refractivity contribution is -0.149. The number of ether oxygens (including phenoxy) is 1. The molecule has 1 aliphatic carbocycles. The molecular weight excluding hydrogens is 524 g/mol. The molecule has 0 aromatic heterocycles. The summed E-state index contributed by atoms with van der Waals surface area (Å²) in [6, 6.07) is 12.2. The van der Waals surface area contributed by atoms with Crippen LogP contribution in [0.5, 0.6) is 0 Å². The fraction of sp³-hybridized carbons (Fsp3) is 0.292. The molecule has 8 nitrogen and oxygen atoms in total. The Morgan fingerprint density at radius 3 is 2.38 bits per heavy atom. The first-order valence-corrected chi connectivity index (χ1v) is 13.1. The summed E-state index contributed by atoms with van der Waals surface area (Å²) in [7, 11) is -4.17. The minimum Gasteiger partial charge on any atom is -0.466 e. The Balaban J connectivity index is 1.78. The van der Waals surface area contributed by atoms with E-state index in [-0.39, 0.29) is 46.5 Å². The molecule has 0 amide bonds. The van der Waals surface area contributed by atoms with E-state index in [2.05, 4.69) is 20.7 Å². The smallest absolute Gasteiger partial charge is 0.310 e. The molecule has 178 valence electrons. The van der Waals surface area contributed by atoms with Crippen LogP contribution in [0.3, 0.4) is 0 Å². The predicted molar refractivity (Wildman–Crippen MR) is 128 cm³/mol. The molecule has 1 atom stereocenters. The number of nitrogens with zero attached hydrogens (tertiary/aromatic N) is 1. The van der Waals surface area contributed by atoms with Crippen LogP contribution in [0, 0.1) is 5.92 Å². The van der Waals surface area contributed by atoms with Crippen molar-refractivity contribution in [3.63, 3.8) is 0 Å². The van der Waals surface area contributed by atoms with E-state index in [9.17, 15) is 22.8 Å². The minimum absolute atomic E-state index is 0.0432. The molecule has 1 aliphatic heterocycles. The Hall–Kier alpha value is -2.98. The third-order valence-corrected chi connectivity index (χ3v) is 7.71. The van der Waals surface area contributed by atoms with E-state index in [1.165, 1.54) is 18.2 Å². The number of fused-ring (bicyclic) bond motifs is 1. The first-order chi connectivity index (χ1) is 16.2. The van der Waals surface area contributed by atoms with Crippen molar-refractivity contribution in [2.75, 3.05) is 19.7 Å². The van der Waals surface area contributed by atoms with E-state index in [0.717, 1.165) is 0 Å². The number of hydrogen-bond acceptors (Lipinski definition) is 7. The Morgan fingerprint density at radius 2 is 1.74 bits per heavy atom. The second-order valence-electron chi connectivity index (χ2n) is 8.02. The molecule has 34 heavy (non-hydrogen) atoms. The zero-order valence-electron chi connectivity index (χ0n) is 18.4. The molecule has 2 aromatic rings. The normalized spacial score (nSPS) is 18.5. The van der Waals surface area contributed by atoms with E-state index in [1.54, 1.807) is 42.2 Å². The third kappa shape index (κ3) is 4.65. The highest BCUT2D eigenvalue weighted by atomic mass is 79.9. The van der Waals surface area contributed by atoms with Crippen molar-refractivity contribution in [1.29, 1.82) is 0 Å². The summed E-state index contributed by atoms with van der Waals surface area (Å²) in [6.07, 6.45) is 1.17. The zero-order valence-corrected chi connectivity index (χ0v) is 20.8. The van der Waals surface area contributed by atoms with Crippen LogP contribution < -0.4 is 4.72 Å². The second-order valence-corrected chi connectivity index (χ2v) is 10.6. The molecule has 10 heteroatoms. The number of ketones is 2. The van der Waals surface area contributed by atoms with Gasteiger partial charge in [0, 0.05) is 28.7 Å². The van der Waals surface area contributed by atoms with Crippen molar-refractivity contribution >= 4 is 43.5 Å². The summed E-state index contributed by atoms with van der Waals surface area (Å²) in [5, 5.41) is 0. The second kappa shape index (κ2) is 9.71. The van der Waals surface area contributed by atoms with E-state index in [1.807, 2.05) is 0 Å². The molecule has 1 heterocycles. The summed E-state index contributed by atoms with van der Waals surface area (Å²) in [6.45, 7) is 2.51. The van der Waals surface area contributed by atoms with Crippen LogP contribution in [0.15, 0.2) is 69.3 Å². The van der Waals surface area contributed by atoms with E-state index in [0.29, 0.717) is 23.9 Å². The lowest BCUT2D eigenvalue weighted by atomic mass is 9.88. The van der Waals surface area contributed by atoms with Gasteiger partial charge in [0.25, 0.3) is 10.0 Å². The van der Waals surface area contributed by atoms with Gasteiger partial charge in [-0.2, -0.15) is 0 Å². The Bertz CT molecular complexity index is 1290. The minimum atomic E-state index is -4.17. The number of hydrogen-bond donors (Lipinski definition) is 1. The van der Waals surface area contributed by atoms with Gasteiger partial charge in [0.05, 0.1) is 17.4 Å². The van der Waals surface area contributed by atoms with E-state index >= 15 is 0 Å². The van der Waals surface area contributed by atoms with Crippen LogP contribution in [0.25, 0.3) is 0 Å². The van der Waals surface area contributed by atoms with Crippen LogP contribution in [-0.2, 0) is 19.6 Å². The molecule has 1 saturated heterocycles. The molecule has 1 unspecified atom stereocenters. The lowest BCUT2D eigenvalue weighted by Gasteiger charge is -2.36. The molecule has 1 N–H and O–H groups in total. The van der Waals surface area contributed by atoms with Crippen molar-refractivity contribution in [2.45, 2.75) is 24.7 Å². The molecule has 0 bridgehead atoms. The van der Waals surface area contributed by atoms with Crippen LogP contribution in [0.1, 0.15) is 40.5 Å². The van der Waals surface area contributed by atoms with Gasteiger partial charge in [0.2, 0.25) is 11.6 Å². The fourth-order valence-electron chi connectivity index (χ4n) is 4.20. The number of allylic oxidation sites excluding steroid dienone is 2. The highest BCUT2D eigenvalue weighted by Crippen LogP contribution is 2.31. The van der Waals surface area contributed by atoms with Gasteiger partial charge in [0.1, 0.15) is 11.4 Å². The molecule has 0 radical (unpaired) electrons. The number of sulfonamides is 1. The molecule has 0 saturated carbocycles. The maximum absolute atomic E-state index is 13.5. The molecular formula is C24H23BrN2O6S. The quantitative estimate of drug-likeness (QED) is 0.553. The number of esters is 1. The van der Waals surface area contributed by atoms with Gasteiger partial charge in [-0.25, -0.2) is 8.42 Å². The molecule has 2 aliphatic rings. The monoisotopic (exact) mass is 546 g/mol. The highest BCUT2D eigenvalue weighted by Gasteiger charge is 2.39. The van der Waals surface area contributed by atoms with Crippen molar-refractivity contribution in [3.05, 3.63) is 75.5 Å². The van der Waals surface area contributed by atoms with E-state index < -0.39 is 27.5 Å². The van der Waals surface area contributed by atoms with E-state index in [4.69, 9.17) is 4.74 Å². The van der Waals surface area contributed by atoms with Gasteiger partial charge >= 0.3 is 5.97 Å². The van der Waals surface area contributed by atoms with Gasteiger partial charge in [-0.15, -0.1) is 0 Å². The molecule has 1 fully saturated rings. The van der Waals surface area contributed by atoms with Crippen molar-refractivity contribution in [2.24, 2.45) is 5.92 Å². The number of carbonyl (C=O) groups excluding carboxylic acids is 3. The van der Waals surface area contributed by atoms with Gasteiger partial charge in [-0.05, 0) is 44.0 Å². The Morgan fingerprint density at radius 1 is 1.09 bits per heavy atom. The number of carbonyl (C=O) groups is 3. The van der Waals surface area contributed by atoms with Gasteiger partial charge in [0.15, 0.2) is 0 Å². The number of piperidine rings is 1. The standard InChI is InChI=1S/C24H23BrN2O6S/c1-2-33-24(30)15-6-5-13-27(14-15)21-20(22(28)18-7-3-4-8-19(18)23(21)29)26-34(31,32)17-11-9-16(25)10-12-17/h3-4,7-12,15,26H,2,5-6,13-14H2,1H3. The summed E-state index contributed by atoms with van der Waals surface area (Å²) < 4.78 is 34.5. The summed E-state index contributed by atoms with van der Waals surface area (Å²) in [4.78, 5) is 40.9. The van der Waals surface area contributed by atoms with Crippen LogP contribution in [0.4, 0.5) is 0 Å². The third-order valence-electron chi connectivity index (χ3n) is 5.81. The largest absolute Gasteiger partial charge is 0.466 e. The van der Waals surface area contributed by atoms with Crippen LogP contribution >= 0.6 is 15.9 Å². The van der Waals surface area contributed by atoms with Crippen LogP contribution in [-0.4, -0.2) is 50.5 Å². The van der Waals surface area contributed by atoms with Crippen molar-refractivity contribution in [3.8, 4) is 0 Å². The van der Waals surface area contributed by atoms with Crippen molar-refractivity contribution < 1.29 is 27.5 Å². The average molecular weight is 547 g/mol. The Kier molecular flexibility index (Phi) is 6.90. The number of benzene rings is 2. The first kappa shape index (κ1) is 24.2.